The topological polar surface area (TPSA) is 75.9 Å². The van der Waals surface area contributed by atoms with Crippen LogP contribution in [0.1, 0.15) is 20.8 Å². The number of carbonyl (C=O) groups excluding carboxylic acids is 1. The highest BCUT2D eigenvalue weighted by atomic mass is 16.2. The largest absolute Gasteiger partial charge is 0.336 e. The molecule has 1 N–H and O–H groups in total. The van der Waals surface area contributed by atoms with Crippen LogP contribution in [0.2, 0.25) is 0 Å². The lowest BCUT2D eigenvalue weighted by Crippen LogP contribution is -2.27. The van der Waals surface area contributed by atoms with Gasteiger partial charge in [0.15, 0.2) is 11.6 Å². The number of hydrogen-bond acceptors (Lipinski definition) is 4. The predicted octanol–water partition coefficient (Wildman–Crippen LogP) is 3.29. The molecule has 0 aliphatic carbocycles. The third-order valence-electron chi connectivity index (χ3n) is 4.41. The number of nitrogens with zero attached hydrogens (tertiary/aromatic N) is 5. The number of rotatable bonds is 3. The number of benzene rings is 1. The molecule has 27 heavy (non-hydrogen) atoms. The van der Waals surface area contributed by atoms with Crippen molar-refractivity contribution in [3.05, 3.63) is 48.7 Å². The Hall–Kier alpha value is -3.22. The predicted molar refractivity (Wildman–Crippen MR) is 104 cm³/mol. The van der Waals surface area contributed by atoms with Gasteiger partial charge in [0.25, 0.3) is 0 Å². The fourth-order valence-electron chi connectivity index (χ4n) is 3.10. The van der Waals surface area contributed by atoms with Crippen LogP contribution in [0.3, 0.4) is 0 Å². The molecule has 0 atom stereocenters. The van der Waals surface area contributed by atoms with E-state index in [2.05, 4.69) is 31.1 Å². The first kappa shape index (κ1) is 17.2. The maximum Gasteiger partial charge on any atom is 0.321 e. The molecule has 2 aromatic heterocycles. The third-order valence-corrected chi connectivity index (χ3v) is 4.41. The van der Waals surface area contributed by atoms with Crippen molar-refractivity contribution in [2.45, 2.75) is 26.3 Å². The van der Waals surface area contributed by atoms with E-state index in [-0.39, 0.29) is 11.6 Å². The minimum Gasteiger partial charge on any atom is -0.336 e. The molecule has 0 spiro atoms. The average molecular weight is 362 g/mol. The van der Waals surface area contributed by atoms with Crippen LogP contribution in [0.5, 0.6) is 0 Å². The molecule has 1 saturated heterocycles. The average Bonchev–Trinajstić information content (AvgIpc) is 3.29. The van der Waals surface area contributed by atoms with Crippen LogP contribution in [-0.4, -0.2) is 38.9 Å². The summed E-state index contributed by atoms with van der Waals surface area (Å²) in [6.07, 6.45) is 1.74. The van der Waals surface area contributed by atoms with Gasteiger partial charge in [0.1, 0.15) is 5.69 Å². The fourth-order valence-corrected chi connectivity index (χ4v) is 3.10. The minimum atomic E-state index is -0.254. The van der Waals surface area contributed by atoms with Crippen LogP contribution < -0.4 is 10.2 Å². The molecule has 3 heterocycles. The van der Waals surface area contributed by atoms with Crippen LogP contribution in [0.15, 0.2) is 48.7 Å². The first-order chi connectivity index (χ1) is 12.9. The summed E-state index contributed by atoms with van der Waals surface area (Å²) >= 11 is 0. The Balaban J connectivity index is 1.81. The maximum atomic E-state index is 12.0. The molecule has 0 bridgehead atoms. The summed E-state index contributed by atoms with van der Waals surface area (Å²) in [5.41, 5.74) is 2.25. The van der Waals surface area contributed by atoms with E-state index in [9.17, 15) is 4.79 Å². The van der Waals surface area contributed by atoms with Crippen molar-refractivity contribution < 1.29 is 4.79 Å². The van der Waals surface area contributed by atoms with E-state index in [1.54, 1.807) is 11.1 Å². The van der Waals surface area contributed by atoms with Crippen LogP contribution in [0, 0.1) is 0 Å². The van der Waals surface area contributed by atoms with Gasteiger partial charge >= 0.3 is 6.03 Å². The van der Waals surface area contributed by atoms with Gasteiger partial charge in [-0.05, 0) is 45.0 Å². The van der Waals surface area contributed by atoms with Gasteiger partial charge in [0, 0.05) is 30.5 Å². The van der Waals surface area contributed by atoms with E-state index in [4.69, 9.17) is 10.1 Å². The smallest absolute Gasteiger partial charge is 0.321 e. The normalized spacial score (nSPS) is 14.5. The lowest BCUT2D eigenvalue weighted by Gasteiger charge is -2.22. The third kappa shape index (κ3) is 3.28. The van der Waals surface area contributed by atoms with Crippen molar-refractivity contribution in [2.24, 2.45) is 0 Å². The van der Waals surface area contributed by atoms with Crippen LogP contribution in [0.4, 0.5) is 10.5 Å². The van der Waals surface area contributed by atoms with Gasteiger partial charge in [0.05, 0.1) is 5.54 Å². The van der Waals surface area contributed by atoms with Crippen molar-refractivity contribution in [1.29, 1.82) is 0 Å². The second kappa shape index (κ2) is 6.50. The first-order valence-electron chi connectivity index (χ1n) is 8.98. The van der Waals surface area contributed by atoms with Gasteiger partial charge in [0.2, 0.25) is 0 Å². The molecular weight excluding hydrogens is 340 g/mol. The summed E-state index contributed by atoms with van der Waals surface area (Å²) in [6.45, 7) is 7.58. The summed E-state index contributed by atoms with van der Waals surface area (Å²) in [4.78, 5) is 22.9. The van der Waals surface area contributed by atoms with Crippen LogP contribution in [-0.2, 0) is 5.54 Å². The molecule has 1 fully saturated rings. The second-order valence-electron chi connectivity index (χ2n) is 7.49. The second-order valence-corrected chi connectivity index (χ2v) is 7.49. The highest BCUT2D eigenvalue weighted by molar-refractivity contribution is 5.94. The van der Waals surface area contributed by atoms with Crippen LogP contribution >= 0.6 is 0 Å². The standard InChI is InChI=1S/C20H22N6O/c1-20(2,3)26-18(23-17(24-26)16-9-4-5-10-21-16)14-7-6-8-15(13-14)25-12-11-22-19(25)27/h4-10,13H,11-12H2,1-3H3,(H,22,27). The quantitative estimate of drug-likeness (QED) is 0.776. The zero-order valence-electron chi connectivity index (χ0n) is 15.7. The minimum absolute atomic E-state index is 0.0707. The molecule has 0 saturated carbocycles. The molecule has 4 rings (SSSR count). The van der Waals surface area contributed by atoms with E-state index in [0.29, 0.717) is 18.9 Å². The molecule has 3 aromatic rings. The highest BCUT2D eigenvalue weighted by Gasteiger charge is 2.25. The van der Waals surface area contributed by atoms with Crippen molar-refractivity contribution in [3.8, 4) is 22.9 Å². The van der Waals surface area contributed by atoms with Crippen molar-refractivity contribution in [1.82, 2.24) is 25.1 Å². The van der Waals surface area contributed by atoms with E-state index in [0.717, 1.165) is 22.8 Å². The molecule has 2 amide bonds. The molecule has 1 aliphatic rings. The maximum absolute atomic E-state index is 12.0. The Labute approximate surface area is 158 Å². The van der Waals surface area contributed by atoms with Crippen molar-refractivity contribution in [2.75, 3.05) is 18.0 Å². The number of amides is 2. The first-order valence-corrected chi connectivity index (χ1v) is 8.98. The summed E-state index contributed by atoms with van der Waals surface area (Å²) in [6, 6.07) is 13.5. The van der Waals surface area contributed by atoms with E-state index >= 15 is 0 Å². The molecule has 7 heteroatoms. The Bertz CT molecular complexity index is 974. The molecule has 0 radical (unpaired) electrons. The number of urea groups is 1. The van der Waals surface area contributed by atoms with Gasteiger partial charge in [-0.15, -0.1) is 5.10 Å². The van der Waals surface area contributed by atoms with Gasteiger partial charge in [-0.3, -0.25) is 9.88 Å². The SMILES string of the molecule is CC(C)(C)n1nc(-c2ccccn2)nc1-c1cccc(N2CCNC2=O)c1. The molecule has 138 valence electrons. The monoisotopic (exact) mass is 362 g/mol. The lowest BCUT2D eigenvalue weighted by molar-refractivity contribution is 0.252. The molecular formula is C20H22N6O. The lowest BCUT2D eigenvalue weighted by atomic mass is 10.1. The molecule has 1 aromatic carbocycles. The van der Waals surface area contributed by atoms with Crippen molar-refractivity contribution in [3.63, 3.8) is 0 Å². The zero-order chi connectivity index (χ0) is 19.0. The number of pyridine rings is 1. The zero-order valence-corrected chi connectivity index (χ0v) is 15.7. The van der Waals surface area contributed by atoms with Crippen molar-refractivity contribution >= 4 is 11.7 Å². The van der Waals surface area contributed by atoms with Gasteiger partial charge in [-0.2, -0.15) is 0 Å². The number of carbonyl (C=O) groups is 1. The van der Waals surface area contributed by atoms with Gasteiger partial charge < -0.3 is 5.32 Å². The molecule has 0 unspecified atom stereocenters. The Morgan fingerprint density at radius 3 is 2.63 bits per heavy atom. The number of nitrogens with one attached hydrogen (secondary N) is 1. The fraction of sp³-hybridized carbons (Fsp3) is 0.300. The Kier molecular flexibility index (Phi) is 4.14. The summed E-state index contributed by atoms with van der Waals surface area (Å²) in [7, 11) is 0. The molecule has 1 aliphatic heterocycles. The van der Waals surface area contributed by atoms with Gasteiger partial charge in [-0.25, -0.2) is 14.5 Å². The number of aromatic nitrogens is 4. The van der Waals surface area contributed by atoms with Crippen LogP contribution in [0.25, 0.3) is 22.9 Å². The summed E-state index contributed by atoms with van der Waals surface area (Å²) in [5, 5.41) is 7.55. The summed E-state index contributed by atoms with van der Waals surface area (Å²) < 4.78 is 1.92. The highest BCUT2D eigenvalue weighted by Crippen LogP contribution is 2.29. The Morgan fingerprint density at radius 2 is 1.96 bits per heavy atom. The van der Waals surface area contributed by atoms with E-state index in [1.807, 2.05) is 47.1 Å². The number of hydrogen-bond donors (Lipinski definition) is 1. The molecule has 7 nitrogen and oxygen atoms in total. The van der Waals surface area contributed by atoms with E-state index < -0.39 is 0 Å². The number of anilines is 1. The Morgan fingerprint density at radius 1 is 1.11 bits per heavy atom. The summed E-state index contributed by atoms with van der Waals surface area (Å²) in [5.74, 6) is 1.34. The van der Waals surface area contributed by atoms with Gasteiger partial charge in [-0.1, -0.05) is 18.2 Å². The van der Waals surface area contributed by atoms with E-state index in [1.165, 1.54) is 0 Å².